The predicted molar refractivity (Wildman–Crippen MR) is 48.2 cm³/mol. The Morgan fingerprint density at radius 2 is 2.00 bits per heavy atom. The summed E-state index contributed by atoms with van der Waals surface area (Å²) < 4.78 is 0. The van der Waals surface area contributed by atoms with Crippen LogP contribution in [0.25, 0.3) is 0 Å². The van der Waals surface area contributed by atoms with E-state index in [-0.39, 0.29) is 5.78 Å². The number of benzene rings is 1. The predicted octanol–water partition coefficient (Wildman–Crippen LogP) is 2.61. The van der Waals surface area contributed by atoms with Crippen LogP contribution in [0.2, 0.25) is 0 Å². The number of thioether (sulfide) groups is 1. The van der Waals surface area contributed by atoms with E-state index < -0.39 is 0 Å². The van der Waals surface area contributed by atoms with E-state index in [2.05, 4.69) is 0 Å². The smallest absolute Gasteiger partial charge is 0.160 e. The van der Waals surface area contributed by atoms with E-state index in [0.717, 1.165) is 10.5 Å². The number of carbonyl (C=O) groups excluding carboxylic acids is 1. The van der Waals surface area contributed by atoms with Crippen molar-refractivity contribution in [2.75, 3.05) is 6.26 Å². The fourth-order valence-electron chi connectivity index (χ4n) is 0.935. The van der Waals surface area contributed by atoms with Crippen molar-refractivity contribution in [2.45, 2.75) is 11.8 Å². The maximum Gasteiger partial charge on any atom is 0.160 e. The highest BCUT2D eigenvalue weighted by Crippen LogP contribution is 2.19. The van der Waals surface area contributed by atoms with Crippen LogP contribution in [0.15, 0.2) is 29.2 Å². The van der Waals surface area contributed by atoms with E-state index in [1.165, 1.54) is 0 Å². The molecule has 0 atom stereocenters. The first-order valence-electron chi connectivity index (χ1n) is 3.39. The van der Waals surface area contributed by atoms with Crippen molar-refractivity contribution in [3.05, 3.63) is 29.8 Å². The molecular weight excluding hydrogens is 156 g/mol. The Hall–Kier alpha value is -0.760. The molecule has 0 aliphatic rings. The second-order valence-electron chi connectivity index (χ2n) is 2.26. The molecule has 1 aromatic rings. The highest BCUT2D eigenvalue weighted by molar-refractivity contribution is 7.98. The molecule has 0 saturated heterocycles. The van der Waals surface area contributed by atoms with Gasteiger partial charge in [-0.05, 0) is 19.2 Å². The molecule has 1 nitrogen and oxygen atoms in total. The molecular formula is C9H10OS. The Morgan fingerprint density at radius 1 is 1.36 bits per heavy atom. The molecule has 0 aliphatic heterocycles. The minimum absolute atomic E-state index is 0.134. The number of carbonyl (C=O) groups is 1. The van der Waals surface area contributed by atoms with Crippen molar-refractivity contribution in [3.63, 3.8) is 0 Å². The van der Waals surface area contributed by atoms with E-state index in [1.807, 2.05) is 30.5 Å². The first-order valence-corrected chi connectivity index (χ1v) is 4.62. The van der Waals surface area contributed by atoms with E-state index in [0.29, 0.717) is 0 Å². The van der Waals surface area contributed by atoms with Crippen LogP contribution in [0.1, 0.15) is 17.3 Å². The van der Waals surface area contributed by atoms with Gasteiger partial charge in [0.15, 0.2) is 5.78 Å². The van der Waals surface area contributed by atoms with Gasteiger partial charge < -0.3 is 0 Å². The van der Waals surface area contributed by atoms with Gasteiger partial charge in [-0.25, -0.2) is 0 Å². The van der Waals surface area contributed by atoms with Gasteiger partial charge in [0.1, 0.15) is 0 Å². The van der Waals surface area contributed by atoms with Gasteiger partial charge in [-0.3, -0.25) is 4.79 Å². The molecule has 0 aromatic heterocycles. The van der Waals surface area contributed by atoms with Crippen molar-refractivity contribution >= 4 is 17.5 Å². The van der Waals surface area contributed by atoms with Crippen LogP contribution < -0.4 is 0 Å². The molecule has 0 aliphatic carbocycles. The molecule has 11 heavy (non-hydrogen) atoms. The summed E-state index contributed by atoms with van der Waals surface area (Å²) in [6.07, 6.45) is 1.97. The summed E-state index contributed by atoms with van der Waals surface area (Å²) in [6, 6.07) is 7.64. The van der Waals surface area contributed by atoms with E-state index >= 15 is 0 Å². The normalized spacial score (nSPS) is 9.64. The summed E-state index contributed by atoms with van der Waals surface area (Å²) in [6.45, 7) is 1.59. The molecule has 0 fully saturated rings. The van der Waals surface area contributed by atoms with Crippen molar-refractivity contribution in [2.24, 2.45) is 0 Å². The lowest BCUT2D eigenvalue weighted by atomic mass is 10.1. The van der Waals surface area contributed by atoms with Crippen LogP contribution in [-0.2, 0) is 0 Å². The maximum absolute atomic E-state index is 11.0. The van der Waals surface area contributed by atoms with Gasteiger partial charge in [-0.1, -0.05) is 18.2 Å². The van der Waals surface area contributed by atoms with Crippen LogP contribution in [0.3, 0.4) is 0 Å². The SMILES string of the molecule is CSc1ccccc1C(C)=O. The van der Waals surface area contributed by atoms with Crippen molar-refractivity contribution in [1.29, 1.82) is 0 Å². The molecule has 58 valence electrons. The van der Waals surface area contributed by atoms with E-state index in [9.17, 15) is 4.79 Å². The van der Waals surface area contributed by atoms with Gasteiger partial charge in [0, 0.05) is 10.5 Å². The zero-order valence-corrected chi connectivity index (χ0v) is 7.44. The summed E-state index contributed by atoms with van der Waals surface area (Å²) in [4.78, 5) is 12.1. The van der Waals surface area contributed by atoms with Crippen LogP contribution in [0.5, 0.6) is 0 Å². The second-order valence-corrected chi connectivity index (χ2v) is 3.10. The molecule has 0 spiro atoms. The summed E-state index contributed by atoms with van der Waals surface area (Å²) >= 11 is 1.60. The molecule has 0 bridgehead atoms. The maximum atomic E-state index is 11.0. The lowest BCUT2D eigenvalue weighted by molar-refractivity contribution is 0.101. The summed E-state index contributed by atoms with van der Waals surface area (Å²) in [5.41, 5.74) is 0.819. The van der Waals surface area contributed by atoms with Crippen LogP contribution in [0.4, 0.5) is 0 Å². The number of hydrogen-bond donors (Lipinski definition) is 0. The Morgan fingerprint density at radius 3 is 2.45 bits per heavy atom. The standard InChI is InChI=1S/C9H10OS/c1-7(10)8-5-3-4-6-9(8)11-2/h3-6H,1-2H3. The van der Waals surface area contributed by atoms with Gasteiger partial charge in [-0.2, -0.15) is 0 Å². The van der Waals surface area contributed by atoms with Crippen molar-refractivity contribution < 1.29 is 4.79 Å². The third kappa shape index (κ3) is 1.84. The molecule has 0 radical (unpaired) electrons. The van der Waals surface area contributed by atoms with E-state index in [1.54, 1.807) is 18.7 Å². The van der Waals surface area contributed by atoms with Crippen molar-refractivity contribution in [1.82, 2.24) is 0 Å². The minimum atomic E-state index is 0.134. The second kappa shape index (κ2) is 3.58. The fourth-order valence-corrected chi connectivity index (χ4v) is 1.58. The third-order valence-electron chi connectivity index (χ3n) is 1.49. The molecule has 0 amide bonds. The summed E-state index contributed by atoms with van der Waals surface area (Å²) in [5, 5.41) is 0. The van der Waals surface area contributed by atoms with E-state index in [4.69, 9.17) is 0 Å². The quantitative estimate of drug-likeness (QED) is 0.496. The zero-order chi connectivity index (χ0) is 8.27. The van der Waals surface area contributed by atoms with Gasteiger partial charge in [0.05, 0.1) is 0 Å². The van der Waals surface area contributed by atoms with Gasteiger partial charge in [0.2, 0.25) is 0 Å². The monoisotopic (exact) mass is 166 g/mol. The highest BCUT2D eigenvalue weighted by Gasteiger charge is 2.03. The average molecular weight is 166 g/mol. The van der Waals surface area contributed by atoms with Gasteiger partial charge in [0.25, 0.3) is 0 Å². The Balaban J connectivity index is 3.12. The number of Topliss-reactive ketones (excluding diaryl/α,β-unsaturated/α-hetero) is 1. The minimum Gasteiger partial charge on any atom is -0.294 e. The summed E-state index contributed by atoms with van der Waals surface area (Å²) in [5.74, 6) is 0.134. The number of hydrogen-bond acceptors (Lipinski definition) is 2. The first kappa shape index (κ1) is 8.34. The summed E-state index contributed by atoms with van der Waals surface area (Å²) in [7, 11) is 0. The molecule has 2 heteroatoms. The van der Waals surface area contributed by atoms with Crippen LogP contribution in [-0.4, -0.2) is 12.0 Å². The Kier molecular flexibility index (Phi) is 2.71. The van der Waals surface area contributed by atoms with Crippen LogP contribution >= 0.6 is 11.8 Å². The Labute approximate surface area is 70.8 Å². The molecule has 0 unspecified atom stereocenters. The number of ketones is 1. The molecule has 0 saturated carbocycles. The topological polar surface area (TPSA) is 17.1 Å². The average Bonchev–Trinajstić information content (AvgIpc) is 2.04. The van der Waals surface area contributed by atoms with Crippen molar-refractivity contribution in [3.8, 4) is 0 Å². The zero-order valence-electron chi connectivity index (χ0n) is 6.63. The molecule has 1 aromatic carbocycles. The van der Waals surface area contributed by atoms with Gasteiger partial charge >= 0.3 is 0 Å². The number of rotatable bonds is 2. The molecule has 0 N–H and O–H groups in total. The largest absolute Gasteiger partial charge is 0.294 e. The fraction of sp³-hybridized carbons (Fsp3) is 0.222. The first-order chi connectivity index (χ1) is 5.25. The lowest BCUT2D eigenvalue weighted by Crippen LogP contribution is -1.93. The molecule has 1 rings (SSSR count). The lowest BCUT2D eigenvalue weighted by Gasteiger charge is -2.01. The highest BCUT2D eigenvalue weighted by atomic mass is 32.2. The van der Waals surface area contributed by atoms with Gasteiger partial charge in [-0.15, -0.1) is 11.8 Å². The molecule has 0 heterocycles. The third-order valence-corrected chi connectivity index (χ3v) is 2.28. The van der Waals surface area contributed by atoms with Crippen LogP contribution in [0, 0.1) is 0 Å². The Bertz CT molecular complexity index is 268.